The first-order valence-corrected chi connectivity index (χ1v) is 4.88. The van der Waals surface area contributed by atoms with Gasteiger partial charge in [0.15, 0.2) is 12.0 Å². The molecule has 0 radical (unpaired) electrons. The van der Waals surface area contributed by atoms with Gasteiger partial charge in [-0.3, -0.25) is 9.78 Å². The molecule has 0 unspecified atom stereocenters. The quantitative estimate of drug-likeness (QED) is 0.437. The fraction of sp³-hybridized carbons (Fsp3) is 0.0833. The Hall–Kier alpha value is -2.23. The summed E-state index contributed by atoms with van der Waals surface area (Å²) in [5.74, 6) is -0.156. The number of carbonyl (C=O) groups excluding carboxylic acids is 1. The summed E-state index contributed by atoms with van der Waals surface area (Å²) in [7, 11) is 0. The highest BCUT2D eigenvalue weighted by molar-refractivity contribution is 5.95. The summed E-state index contributed by atoms with van der Waals surface area (Å²) < 4.78 is 0.695. The molecule has 0 aliphatic rings. The lowest BCUT2D eigenvalue weighted by Crippen LogP contribution is -2.32. The third-order valence-corrected chi connectivity index (χ3v) is 2.20. The summed E-state index contributed by atoms with van der Waals surface area (Å²) in [6.07, 6.45) is 3.01. The smallest absolute Gasteiger partial charge is 0.200 e. The summed E-state index contributed by atoms with van der Waals surface area (Å²) in [4.78, 5) is 15.7. The van der Waals surface area contributed by atoms with E-state index in [2.05, 4.69) is 4.98 Å². The van der Waals surface area contributed by atoms with Crippen molar-refractivity contribution in [3.63, 3.8) is 0 Å². The number of pyridine rings is 2. The normalized spacial score (nSPS) is 10.0. The lowest BCUT2D eigenvalue weighted by atomic mass is 10.1. The average molecular weight is 214 g/mol. The first kappa shape index (κ1) is 10.3. The monoisotopic (exact) mass is 214 g/mol. The average Bonchev–Trinajstić information content (AvgIpc) is 2.33. The molecule has 2 aromatic rings. The maximum Gasteiger partial charge on any atom is 0.200 e. The number of hydrogen-bond donors (Lipinski definition) is 0. The van der Waals surface area contributed by atoms with Crippen molar-refractivity contribution in [3.05, 3.63) is 65.4 Å². The molecule has 0 aliphatic heterocycles. The minimum Gasteiger partial charge on any atom is -0.618 e. The summed E-state index contributed by atoms with van der Waals surface area (Å²) >= 11 is 0. The van der Waals surface area contributed by atoms with Gasteiger partial charge in [-0.05, 0) is 18.2 Å². The van der Waals surface area contributed by atoms with Crippen LogP contribution < -0.4 is 4.73 Å². The fourth-order valence-electron chi connectivity index (χ4n) is 1.38. The Labute approximate surface area is 92.8 Å². The van der Waals surface area contributed by atoms with Crippen LogP contribution in [0.2, 0.25) is 0 Å². The number of rotatable bonds is 3. The molecule has 0 atom stereocenters. The van der Waals surface area contributed by atoms with Crippen LogP contribution in [0.4, 0.5) is 0 Å². The van der Waals surface area contributed by atoms with Crippen LogP contribution in [0.25, 0.3) is 0 Å². The minimum atomic E-state index is -0.156. The van der Waals surface area contributed by atoms with Crippen LogP contribution in [0.3, 0.4) is 0 Å². The molecule has 16 heavy (non-hydrogen) atoms. The Morgan fingerprint density at radius 3 is 2.75 bits per heavy atom. The van der Waals surface area contributed by atoms with Crippen molar-refractivity contribution >= 4 is 5.78 Å². The van der Waals surface area contributed by atoms with Gasteiger partial charge in [0, 0.05) is 18.3 Å². The number of hydrogen-bond acceptors (Lipinski definition) is 3. The number of Topliss-reactive ketones (excluding diaryl/α,β-unsaturated/α-hetero) is 1. The van der Waals surface area contributed by atoms with Crippen molar-refractivity contribution in [1.82, 2.24) is 4.98 Å². The van der Waals surface area contributed by atoms with Gasteiger partial charge in [0.1, 0.15) is 5.69 Å². The molecule has 0 fully saturated rings. The molecule has 0 aromatic carbocycles. The van der Waals surface area contributed by atoms with E-state index in [-0.39, 0.29) is 12.2 Å². The van der Waals surface area contributed by atoms with E-state index in [1.807, 2.05) is 0 Å². The van der Waals surface area contributed by atoms with E-state index in [1.54, 1.807) is 42.6 Å². The van der Waals surface area contributed by atoms with Gasteiger partial charge in [-0.25, -0.2) is 0 Å². The molecule has 0 aliphatic carbocycles. The molecule has 4 heteroatoms. The molecule has 0 saturated heterocycles. The molecule has 0 N–H and O–H groups in total. The zero-order chi connectivity index (χ0) is 11.4. The highest BCUT2D eigenvalue weighted by Crippen LogP contribution is 2.01. The summed E-state index contributed by atoms with van der Waals surface area (Å²) in [6, 6.07) is 10.1. The number of carbonyl (C=O) groups is 1. The summed E-state index contributed by atoms with van der Waals surface area (Å²) in [5.41, 5.74) is 0.810. The Balaban J connectivity index is 2.18. The third-order valence-electron chi connectivity index (χ3n) is 2.20. The van der Waals surface area contributed by atoms with Crippen molar-refractivity contribution in [2.45, 2.75) is 6.42 Å². The summed E-state index contributed by atoms with van der Waals surface area (Å²) in [6.45, 7) is 0. The van der Waals surface area contributed by atoms with Gasteiger partial charge in [0.2, 0.25) is 5.69 Å². The standard InChI is InChI=1S/C12H10N2O2/c15-12(11-6-1-3-7-13-11)9-10-5-2-4-8-14(10)16/h1-8H,9H2. The van der Waals surface area contributed by atoms with E-state index >= 15 is 0 Å². The Kier molecular flexibility index (Phi) is 2.91. The first-order valence-electron chi connectivity index (χ1n) is 4.88. The van der Waals surface area contributed by atoms with Crippen LogP contribution >= 0.6 is 0 Å². The maximum absolute atomic E-state index is 11.8. The van der Waals surface area contributed by atoms with E-state index in [1.165, 1.54) is 6.20 Å². The van der Waals surface area contributed by atoms with E-state index in [4.69, 9.17) is 0 Å². The molecule has 4 nitrogen and oxygen atoms in total. The second kappa shape index (κ2) is 4.53. The van der Waals surface area contributed by atoms with Crippen molar-refractivity contribution in [1.29, 1.82) is 0 Å². The predicted molar refractivity (Wildman–Crippen MR) is 57.7 cm³/mol. The van der Waals surface area contributed by atoms with Gasteiger partial charge in [0.05, 0.1) is 6.42 Å². The second-order valence-corrected chi connectivity index (χ2v) is 3.33. The Morgan fingerprint density at radius 1 is 1.25 bits per heavy atom. The van der Waals surface area contributed by atoms with Crippen LogP contribution in [0, 0.1) is 5.21 Å². The maximum atomic E-state index is 11.8. The highest BCUT2D eigenvalue weighted by Gasteiger charge is 2.13. The fourth-order valence-corrected chi connectivity index (χ4v) is 1.38. The predicted octanol–water partition coefficient (Wildman–Crippen LogP) is 1.14. The lowest BCUT2D eigenvalue weighted by molar-refractivity contribution is -0.613. The molecular weight excluding hydrogens is 204 g/mol. The number of aromatic nitrogens is 2. The first-order chi connectivity index (χ1) is 7.77. The zero-order valence-corrected chi connectivity index (χ0v) is 8.54. The molecule has 2 rings (SSSR count). The zero-order valence-electron chi connectivity index (χ0n) is 8.54. The lowest BCUT2D eigenvalue weighted by Gasteiger charge is -2.02. The van der Waals surface area contributed by atoms with Gasteiger partial charge < -0.3 is 5.21 Å². The van der Waals surface area contributed by atoms with Crippen molar-refractivity contribution in [2.24, 2.45) is 0 Å². The topological polar surface area (TPSA) is 56.9 Å². The highest BCUT2D eigenvalue weighted by atomic mass is 16.5. The molecule has 0 spiro atoms. The Bertz CT molecular complexity index is 497. The van der Waals surface area contributed by atoms with Gasteiger partial charge in [-0.1, -0.05) is 6.07 Å². The van der Waals surface area contributed by atoms with E-state index in [0.717, 1.165) is 0 Å². The third kappa shape index (κ3) is 2.23. The largest absolute Gasteiger partial charge is 0.618 e. The molecule has 2 heterocycles. The van der Waals surface area contributed by atoms with Crippen LogP contribution in [0.5, 0.6) is 0 Å². The van der Waals surface area contributed by atoms with Crippen molar-refractivity contribution in [3.8, 4) is 0 Å². The molecule has 2 aromatic heterocycles. The molecular formula is C12H10N2O2. The number of nitrogens with zero attached hydrogens (tertiary/aromatic N) is 2. The van der Waals surface area contributed by atoms with Gasteiger partial charge in [-0.15, -0.1) is 0 Å². The number of ketones is 1. The minimum absolute atomic E-state index is 0.0708. The van der Waals surface area contributed by atoms with Crippen LogP contribution in [-0.2, 0) is 6.42 Å². The van der Waals surface area contributed by atoms with E-state index < -0.39 is 0 Å². The van der Waals surface area contributed by atoms with E-state index in [9.17, 15) is 10.0 Å². The molecule has 0 bridgehead atoms. The Morgan fingerprint density at radius 2 is 2.06 bits per heavy atom. The molecule has 0 amide bonds. The SMILES string of the molecule is O=C(Cc1cccc[n+]1[O-])c1ccccn1. The van der Waals surface area contributed by atoms with Gasteiger partial charge in [-0.2, -0.15) is 4.73 Å². The molecule has 0 saturated carbocycles. The van der Waals surface area contributed by atoms with Crippen molar-refractivity contribution < 1.29 is 9.52 Å². The van der Waals surface area contributed by atoms with Crippen molar-refractivity contribution in [2.75, 3.05) is 0 Å². The van der Waals surface area contributed by atoms with E-state index in [0.29, 0.717) is 16.1 Å². The van der Waals surface area contributed by atoms with Crippen LogP contribution in [0.15, 0.2) is 48.8 Å². The molecule has 80 valence electrons. The summed E-state index contributed by atoms with van der Waals surface area (Å²) in [5, 5.41) is 11.3. The van der Waals surface area contributed by atoms with Gasteiger partial charge in [0.25, 0.3) is 0 Å². The van der Waals surface area contributed by atoms with Crippen LogP contribution in [-0.4, -0.2) is 10.8 Å². The van der Waals surface area contributed by atoms with Gasteiger partial charge >= 0.3 is 0 Å². The van der Waals surface area contributed by atoms with Crippen LogP contribution in [0.1, 0.15) is 16.2 Å². The second-order valence-electron chi connectivity index (χ2n) is 3.33.